The number of benzene rings is 2. The summed E-state index contributed by atoms with van der Waals surface area (Å²) in [4.78, 5) is 18.7. The third kappa shape index (κ3) is 2.45. The highest BCUT2D eigenvalue weighted by molar-refractivity contribution is 5.87. The summed E-state index contributed by atoms with van der Waals surface area (Å²) in [6, 6.07) is 17.3. The Balaban J connectivity index is 1.98. The first kappa shape index (κ1) is 11.4. The average molecular weight is 248 g/mol. The Morgan fingerprint density at radius 1 is 1.00 bits per heavy atom. The minimum absolute atomic E-state index is 0.0731. The average Bonchev–Trinajstić information content (AvgIpc) is 2.46. The van der Waals surface area contributed by atoms with Crippen molar-refractivity contribution in [2.24, 2.45) is 4.99 Å². The number of fused-ring (bicyclic) bond motifs is 1. The van der Waals surface area contributed by atoms with Gasteiger partial charge < -0.3 is 4.98 Å². The van der Waals surface area contributed by atoms with Crippen LogP contribution in [0.2, 0.25) is 0 Å². The van der Waals surface area contributed by atoms with Crippen molar-refractivity contribution in [2.75, 3.05) is 0 Å². The van der Waals surface area contributed by atoms with E-state index in [1.54, 1.807) is 12.3 Å². The molecule has 0 saturated carbocycles. The molecule has 0 aliphatic carbocycles. The summed E-state index contributed by atoms with van der Waals surface area (Å²) in [6.45, 7) is 0. The molecule has 2 aromatic carbocycles. The van der Waals surface area contributed by atoms with E-state index in [1.165, 1.54) is 0 Å². The van der Waals surface area contributed by atoms with Crippen molar-refractivity contribution in [1.29, 1.82) is 0 Å². The number of nitrogens with one attached hydrogen (secondary N) is 1. The van der Waals surface area contributed by atoms with E-state index < -0.39 is 0 Å². The van der Waals surface area contributed by atoms with Crippen molar-refractivity contribution >= 4 is 22.7 Å². The number of hydrogen-bond acceptors (Lipinski definition) is 2. The molecule has 3 rings (SSSR count). The zero-order chi connectivity index (χ0) is 13.1. The van der Waals surface area contributed by atoms with Crippen LogP contribution in [0.5, 0.6) is 0 Å². The van der Waals surface area contributed by atoms with Gasteiger partial charge in [-0.3, -0.25) is 9.79 Å². The van der Waals surface area contributed by atoms with E-state index in [0.29, 0.717) is 5.39 Å². The van der Waals surface area contributed by atoms with Gasteiger partial charge in [-0.05, 0) is 35.2 Å². The second kappa shape index (κ2) is 4.90. The Hall–Kier alpha value is -2.68. The zero-order valence-corrected chi connectivity index (χ0v) is 10.2. The quantitative estimate of drug-likeness (QED) is 0.695. The van der Waals surface area contributed by atoms with Crippen LogP contribution < -0.4 is 5.56 Å². The summed E-state index contributed by atoms with van der Waals surface area (Å²) >= 11 is 0. The molecule has 92 valence electrons. The highest BCUT2D eigenvalue weighted by Gasteiger charge is 1.98. The smallest absolute Gasteiger partial charge is 0.255 e. The molecule has 3 nitrogen and oxygen atoms in total. The monoisotopic (exact) mass is 248 g/mol. The summed E-state index contributed by atoms with van der Waals surface area (Å²) in [7, 11) is 0. The van der Waals surface area contributed by atoms with Crippen molar-refractivity contribution in [3.63, 3.8) is 0 Å². The van der Waals surface area contributed by atoms with E-state index in [-0.39, 0.29) is 5.56 Å². The van der Waals surface area contributed by atoms with Crippen LogP contribution in [0.4, 0.5) is 5.69 Å². The number of aromatic amines is 1. The molecule has 1 heterocycles. The van der Waals surface area contributed by atoms with Crippen LogP contribution in [0.3, 0.4) is 0 Å². The van der Waals surface area contributed by atoms with E-state index in [0.717, 1.165) is 16.6 Å². The van der Waals surface area contributed by atoms with Gasteiger partial charge in [0.25, 0.3) is 5.56 Å². The van der Waals surface area contributed by atoms with E-state index in [1.807, 2.05) is 54.7 Å². The number of H-pyrrole nitrogens is 1. The molecular weight excluding hydrogens is 236 g/mol. The first-order valence-corrected chi connectivity index (χ1v) is 6.03. The highest BCUT2D eigenvalue weighted by atomic mass is 16.1. The lowest BCUT2D eigenvalue weighted by molar-refractivity contribution is 1.28. The van der Waals surface area contributed by atoms with E-state index in [4.69, 9.17) is 0 Å². The molecule has 0 atom stereocenters. The highest BCUT2D eigenvalue weighted by Crippen LogP contribution is 2.18. The van der Waals surface area contributed by atoms with Gasteiger partial charge in [0.05, 0.1) is 5.69 Å². The van der Waals surface area contributed by atoms with Crippen LogP contribution in [0.15, 0.2) is 70.6 Å². The number of aliphatic imine (C=N–C) groups is 1. The SMILES string of the molecule is O=c1[nH]ccc2cc(/N=C/c3ccccc3)ccc12. The summed E-state index contributed by atoms with van der Waals surface area (Å²) in [5, 5.41) is 1.58. The first-order chi connectivity index (χ1) is 9.33. The van der Waals surface area contributed by atoms with Crippen molar-refractivity contribution in [1.82, 2.24) is 4.98 Å². The second-order valence-electron chi connectivity index (χ2n) is 4.25. The van der Waals surface area contributed by atoms with E-state index in [2.05, 4.69) is 9.98 Å². The number of rotatable bonds is 2. The van der Waals surface area contributed by atoms with Crippen LogP contribution in [0, 0.1) is 0 Å². The molecule has 0 unspecified atom stereocenters. The molecule has 0 spiro atoms. The van der Waals surface area contributed by atoms with Gasteiger partial charge in [0.1, 0.15) is 0 Å². The topological polar surface area (TPSA) is 45.2 Å². The predicted octanol–water partition coefficient (Wildman–Crippen LogP) is 3.28. The maximum absolute atomic E-state index is 11.6. The lowest BCUT2D eigenvalue weighted by atomic mass is 10.1. The van der Waals surface area contributed by atoms with Crippen LogP contribution in [-0.2, 0) is 0 Å². The zero-order valence-electron chi connectivity index (χ0n) is 10.2. The lowest BCUT2D eigenvalue weighted by Crippen LogP contribution is -2.03. The largest absolute Gasteiger partial charge is 0.329 e. The fraction of sp³-hybridized carbons (Fsp3) is 0. The van der Waals surface area contributed by atoms with Gasteiger partial charge >= 0.3 is 0 Å². The fourth-order valence-corrected chi connectivity index (χ4v) is 1.95. The number of aromatic nitrogens is 1. The molecule has 0 bridgehead atoms. The first-order valence-electron chi connectivity index (χ1n) is 6.03. The summed E-state index contributed by atoms with van der Waals surface area (Å²) in [5.74, 6) is 0. The standard InChI is InChI=1S/C16H12N2O/c19-16-15-7-6-14(10-13(15)8-9-17-16)18-11-12-4-2-1-3-5-12/h1-11H,(H,17,19)/b18-11+. The Morgan fingerprint density at radius 3 is 2.68 bits per heavy atom. The van der Waals surface area contributed by atoms with Crippen LogP contribution in [-0.4, -0.2) is 11.2 Å². The summed E-state index contributed by atoms with van der Waals surface area (Å²) < 4.78 is 0. The molecule has 0 radical (unpaired) electrons. The van der Waals surface area contributed by atoms with Crippen molar-refractivity contribution in [3.8, 4) is 0 Å². The van der Waals surface area contributed by atoms with Gasteiger partial charge in [-0.25, -0.2) is 0 Å². The third-order valence-electron chi connectivity index (χ3n) is 2.92. The summed E-state index contributed by atoms with van der Waals surface area (Å²) in [5.41, 5.74) is 1.81. The molecule has 0 saturated heterocycles. The fourth-order valence-electron chi connectivity index (χ4n) is 1.95. The summed E-state index contributed by atoms with van der Waals surface area (Å²) in [6.07, 6.45) is 3.46. The van der Waals surface area contributed by atoms with Crippen molar-refractivity contribution in [2.45, 2.75) is 0 Å². The second-order valence-corrected chi connectivity index (χ2v) is 4.25. The Morgan fingerprint density at radius 2 is 1.84 bits per heavy atom. The molecule has 0 fully saturated rings. The van der Waals surface area contributed by atoms with Crippen molar-refractivity contribution in [3.05, 3.63) is 76.7 Å². The van der Waals surface area contributed by atoms with E-state index >= 15 is 0 Å². The Kier molecular flexibility index (Phi) is 2.94. The molecule has 0 aliphatic heterocycles. The Bertz CT molecular complexity index is 788. The number of pyridine rings is 1. The van der Waals surface area contributed by atoms with Gasteiger partial charge in [0.15, 0.2) is 0 Å². The normalized spacial score (nSPS) is 11.2. The minimum atomic E-state index is -0.0731. The molecule has 3 heteroatoms. The molecule has 19 heavy (non-hydrogen) atoms. The van der Waals surface area contributed by atoms with Crippen LogP contribution in [0.1, 0.15) is 5.56 Å². The molecule has 1 N–H and O–H groups in total. The maximum Gasteiger partial charge on any atom is 0.255 e. The molecular formula is C16H12N2O. The lowest BCUT2D eigenvalue weighted by Gasteiger charge is -1.98. The Labute approximate surface area is 110 Å². The van der Waals surface area contributed by atoms with Gasteiger partial charge in [-0.1, -0.05) is 30.3 Å². The third-order valence-corrected chi connectivity index (χ3v) is 2.92. The van der Waals surface area contributed by atoms with Crippen molar-refractivity contribution < 1.29 is 0 Å². The van der Waals surface area contributed by atoms with Gasteiger partial charge in [-0.15, -0.1) is 0 Å². The number of nitrogens with zero attached hydrogens (tertiary/aromatic N) is 1. The van der Waals surface area contributed by atoms with Crippen LogP contribution in [0.25, 0.3) is 10.8 Å². The molecule has 0 amide bonds. The predicted molar refractivity (Wildman–Crippen MR) is 78.3 cm³/mol. The molecule has 3 aromatic rings. The van der Waals surface area contributed by atoms with Crippen LogP contribution >= 0.6 is 0 Å². The van der Waals surface area contributed by atoms with Gasteiger partial charge in [-0.2, -0.15) is 0 Å². The van der Waals surface area contributed by atoms with Gasteiger partial charge in [0.2, 0.25) is 0 Å². The molecule has 0 aliphatic rings. The maximum atomic E-state index is 11.6. The minimum Gasteiger partial charge on any atom is -0.329 e. The van der Waals surface area contributed by atoms with E-state index in [9.17, 15) is 4.79 Å². The molecule has 1 aromatic heterocycles. The van der Waals surface area contributed by atoms with Gasteiger partial charge in [0, 0.05) is 17.8 Å². The number of hydrogen-bond donors (Lipinski definition) is 1.